The topological polar surface area (TPSA) is 136 Å². The summed E-state index contributed by atoms with van der Waals surface area (Å²) < 4.78 is 27.7. The van der Waals surface area contributed by atoms with E-state index >= 15 is 0 Å². The normalized spacial score (nSPS) is 11.3. The van der Waals surface area contributed by atoms with Gasteiger partial charge in [0, 0.05) is 6.54 Å². The van der Waals surface area contributed by atoms with Crippen LogP contribution in [0.5, 0.6) is 0 Å². The van der Waals surface area contributed by atoms with Crippen LogP contribution < -0.4 is 15.8 Å². The van der Waals surface area contributed by atoms with Crippen LogP contribution in [0.25, 0.3) is 0 Å². The molecule has 0 atom stereocenters. The SMILES string of the molecule is NS(=O)(=O)c1ccc(CCNc2cnnc(NCc3ccco3)n2)cc1. The molecule has 0 unspecified atom stereocenters. The number of rotatable bonds is 8. The number of hydrogen-bond acceptors (Lipinski definition) is 8. The average Bonchev–Trinajstić information content (AvgIpc) is 3.14. The van der Waals surface area contributed by atoms with E-state index in [1.165, 1.54) is 18.3 Å². The molecule has 26 heavy (non-hydrogen) atoms. The van der Waals surface area contributed by atoms with Crippen molar-refractivity contribution in [1.29, 1.82) is 0 Å². The number of furan rings is 1. The van der Waals surface area contributed by atoms with Gasteiger partial charge in [0.15, 0.2) is 5.82 Å². The number of nitrogens with one attached hydrogen (secondary N) is 2. The molecule has 0 saturated heterocycles. The van der Waals surface area contributed by atoms with Gasteiger partial charge in [-0.25, -0.2) is 13.6 Å². The Morgan fingerprint density at radius 2 is 1.92 bits per heavy atom. The van der Waals surface area contributed by atoms with E-state index in [9.17, 15) is 8.42 Å². The van der Waals surface area contributed by atoms with Crippen molar-refractivity contribution in [3.05, 3.63) is 60.2 Å². The van der Waals surface area contributed by atoms with Crippen LogP contribution in [0.3, 0.4) is 0 Å². The lowest BCUT2D eigenvalue weighted by Gasteiger charge is -2.07. The monoisotopic (exact) mass is 374 g/mol. The minimum atomic E-state index is -3.66. The predicted octanol–water partition coefficient (Wildman–Crippen LogP) is 1.38. The van der Waals surface area contributed by atoms with Crippen molar-refractivity contribution >= 4 is 21.8 Å². The molecule has 0 aliphatic rings. The highest BCUT2D eigenvalue weighted by Gasteiger charge is 2.07. The maximum Gasteiger partial charge on any atom is 0.245 e. The molecule has 0 saturated carbocycles. The summed E-state index contributed by atoms with van der Waals surface area (Å²) in [6.07, 6.45) is 3.82. The Morgan fingerprint density at radius 1 is 1.12 bits per heavy atom. The molecule has 0 fully saturated rings. The minimum Gasteiger partial charge on any atom is -0.467 e. The van der Waals surface area contributed by atoms with Crippen molar-refractivity contribution in [2.24, 2.45) is 5.14 Å². The third kappa shape index (κ3) is 5.01. The summed E-state index contributed by atoms with van der Waals surface area (Å²) in [7, 11) is -3.66. The molecule has 136 valence electrons. The first kappa shape index (κ1) is 17.8. The second-order valence-electron chi connectivity index (χ2n) is 5.46. The molecule has 2 heterocycles. The number of aromatic nitrogens is 3. The van der Waals surface area contributed by atoms with E-state index in [1.54, 1.807) is 18.4 Å². The van der Waals surface area contributed by atoms with E-state index in [0.717, 1.165) is 11.3 Å². The summed E-state index contributed by atoms with van der Waals surface area (Å²) in [5.74, 6) is 1.75. The first-order valence-corrected chi connectivity index (χ1v) is 9.37. The van der Waals surface area contributed by atoms with Gasteiger partial charge in [0.25, 0.3) is 0 Å². The van der Waals surface area contributed by atoms with E-state index in [2.05, 4.69) is 25.8 Å². The summed E-state index contributed by atoms with van der Waals surface area (Å²) >= 11 is 0. The van der Waals surface area contributed by atoms with E-state index in [0.29, 0.717) is 31.3 Å². The van der Waals surface area contributed by atoms with E-state index < -0.39 is 10.0 Å². The Kier molecular flexibility index (Phi) is 5.44. The predicted molar refractivity (Wildman–Crippen MR) is 95.9 cm³/mol. The number of benzene rings is 1. The Hall–Kier alpha value is -2.98. The molecule has 9 nitrogen and oxygen atoms in total. The molecule has 3 aromatic rings. The zero-order valence-electron chi connectivity index (χ0n) is 13.8. The molecule has 10 heteroatoms. The fourth-order valence-corrected chi connectivity index (χ4v) is 2.74. The fourth-order valence-electron chi connectivity index (χ4n) is 2.22. The zero-order valence-corrected chi connectivity index (χ0v) is 14.6. The second-order valence-corrected chi connectivity index (χ2v) is 7.03. The smallest absolute Gasteiger partial charge is 0.245 e. The maximum atomic E-state index is 11.2. The summed E-state index contributed by atoms with van der Waals surface area (Å²) in [6.45, 7) is 1.07. The van der Waals surface area contributed by atoms with Crippen LogP contribution in [0.1, 0.15) is 11.3 Å². The number of hydrogen-bond donors (Lipinski definition) is 3. The van der Waals surface area contributed by atoms with Gasteiger partial charge in [0.05, 0.1) is 23.9 Å². The molecule has 0 aliphatic carbocycles. The molecule has 0 radical (unpaired) electrons. The van der Waals surface area contributed by atoms with Crippen molar-refractivity contribution in [2.45, 2.75) is 17.9 Å². The first-order valence-electron chi connectivity index (χ1n) is 7.82. The molecule has 3 rings (SSSR count). The highest BCUT2D eigenvalue weighted by atomic mass is 32.2. The molecular weight excluding hydrogens is 356 g/mol. The van der Waals surface area contributed by atoms with E-state index in [1.807, 2.05) is 12.1 Å². The van der Waals surface area contributed by atoms with Gasteiger partial charge < -0.3 is 15.1 Å². The van der Waals surface area contributed by atoms with E-state index in [-0.39, 0.29) is 4.90 Å². The Morgan fingerprint density at radius 3 is 2.62 bits per heavy atom. The fraction of sp³-hybridized carbons (Fsp3) is 0.188. The summed E-state index contributed by atoms with van der Waals surface area (Å²) in [5.41, 5.74) is 0.975. The van der Waals surface area contributed by atoms with Crippen molar-refractivity contribution < 1.29 is 12.8 Å². The number of primary sulfonamides is 1. The number of nitrogens with two attached hydrogens (primary N) is 1. The number of sulfonamides is 1. The van der Waals surface area contributed by atoms with Gasteiger partial charge >= 0.3 is 0 Å². The maximum absolute atomic E-state index is 11.2. The number of anilines is 2. The van der Waals surface area contributed by atoms with Crippen LogP contribution >= 0.6 is 0 Å². The Balaban J connectivity index is 1.51. The van der Waals surface area contributed by atoms with Crippen LogP contribution in [0.2, 0.25) is 0 Å². The summed E-state index contributed by atoms with van der Waals surface area (Å²) in [5, 5.41) is 19.1. The molecule has 0 amide bonds. The molecule has 1 aromatic carbocycles. The Bertz CT molecular complexity index is 942. The van der Waals surface area contributed by atoms with Crippen LogP contribution in [0.15, 0.2) is 58.2 Å². The van der Waals surface area contributed by atoms with Gasteiger partial charge in [-0.2, -0.15) is 10.1 Å². The van der Waals surface area contributed by atoms with E-state index in [4.69, 9.17) is 9.56 Å². The quantitative estimate of drug-likeness (QED) is 0.538. The van der Waals surface area contributed by atoms with Crippen molar-refractivity contribution in [2.75, 3.05) is 17.2 Å². The highest BCUT2D eigenvalue weighted by Crippen LogP contribution is 2.10. The van der Waals surface area contributed by atoms with Crippen molar-refractivity contribution in [1.82, 2.24) is 15.2 Å². The van der Waals surface area contributed by atoms with Gasteiger partial charge in [-0.15, -0.1) is 5.10 Å². The Labute approximate surface area is 150 Å². The summed E-state index contributed by atoms with van der Waals surface area (Å²) in [6, 6.07) is 10.1. The lowest BCUT2D eigenvalue weighted by Crippen LogP contribution is -2.12. The van der Waals surface area contributed by atoms with Crippen LogP contribution in [0.4, 0.5) is 11.8 Å². The standard InChI is InChI=1S/C16H18N6O3S/c17-26(23,24)14-5-3-12(4-6-14)7-8-18-15-11-20-22-16(21-15)19-10-13-2-1-9-25-13/h1-6,9,11H,7-8,10H2,(H2,17,23,24)(H2,18,19,21,22). The van der Waals surface area contributed by atoms with Crippen LogP contribution in [-0.2, 0) is 23.0 Å². The molecule has 0 aliphatic heterocycles. The van der Waals surface area contributed by atoms with Crippen molar-refractivity contribution in [3.8, 4) is 0 Å². The zero-order chi connectivity index (χ0) is 18.4. The average molecular weight is 374 g/mol. The van der Waals surface area contributed by atoms with Gasteiger partial charge in [0.1, 0.15) is 5.76 Å². The second kappa shape index (κ2) is 7.93. The molecule has 4 N–H and O–H groups in total. The highest BCUT2D eigenvalue weighted by molar-refractivity contribution is 7.89. The third-order valence-corrected chi connectivity index (χ3v) is 4.46. The molecular formula is C16H18N6O3S. The van der Waals surface area contributed by atoms with Gasteiger partial charge in [-0.05, 0) is 36.2 Å². The summed E-state index contributed by atoms with van der Waals surface area (Å²) in [4.78, 5) is 4.42. The number of nitrogens with zero attached hydrogens (tertiary/aromatic N) is 3. The minimum absolute atomic E-state index is 0.0986. The van der Waals surface area contributed by atoms with Crippen molar-refractivity contribution in [3.63, 3.8) is 0 Å². The van der Waals surface area contributed by atoms with Crippen LogP contribution in [-0.4, -0.2) is 30.1 Å². The van der Waals surface area contributed by atoms with Gasteiger partial charge in [-0.3, -0.25) is 0 Å². The van der Waals surface area contributed by atoms with Crippen LogP contribution in [0, 0.1) is 0 Å². The first-order chi connectivity index (χ1) is 12.5. The van der Waals surface area contributed by atoms with Gasteiger partial charge in [0.2, 0.25) is 16.0 Å². The molecule has 0 bridgehead atoms. The molecule has 2 aromatic heterocycles. The molecule has 0 spiro atoms. The van der Waals surface area contributed by atoms with Gasteiger partial charge in [-0.1, -0.05) is 12.1 Å². The lowest BCUT2D eigenvalue weighted by molar-refractivity contribution is 0.517. The largest absolute Gasteiger partial charge is 0.467 e. The lowest BCUT2D eigenvalue weighted by atomic mass is 10.1. The third-order valence-electron chi connectivity index (χ3n) is 3.53.